The number of halogens is 4. The number of aromatic nitrogens is 1. The molecule has 0 aliphatic heterocycles. The first-order valence-electron chi connectivity index (χ1n) is 8.24. The van der Waals surface area contributed by atoms with E-state index in [0.717, 1.165) is 12.1 Å². The fourth-order valence-electron chi connectivity index (χ4n) is 2.36. The number of ether oxygens (including phenoxy) is 1. The summed E-state index contributed by atoms with van der Waals surface area (Å²) in [5.74, 6) is 0.130. The van der Waals surface area contributed by atoms with E-state index in [0.29, 0.717) is 20.7 Å². The molecule has 0 bridgehead atoms. The Balaban J connectivity index is 1.68. The maximum Gasteiger partial charge on any atom is 0.416 e. The van der Waals surface area contributed by atoms with E-state index >= 15 is 0 Å². The van der Waals surface area contributed by atoms with Crippen LogP contribution in [-0.4, -0.2) is 10.9 Å². The number of nitrogens with zero attached hydrogens (tertiary/aromatic N) is 4. The SMILES string of the molecule is [N-]=[N+]=Nc1ccnc(C(=O)Nc2ccc(Oc3ccc(C(F)(F)F)cc3)cc2)c1I. The smallest absolute Gasteiger partial charge is 0.416 e. The lowest BCUT2D eigenvalue weighted by Crippen LogP contribution is -2.15. The van der Waals surface area contributed by atoms with Crippen LogP contribution in [0.1, 0.15) is 16.1 Å². The van der Waals surface area contributed by atoms with Crippen molar-refractivity contribution in [2.75, 3.05) is 5.32 Å². The van der Waals surface area contributed by atoms with Gasteiger partial charge < -0.3 is 10.1 Å². The fraction of sp³-hybridized carbons (Fsp3) is 0.0526. The third-order valence-corrected chi connectivity index (χ3v) is 4.83. The van der Waals surface area contributed by atoms with Crippen LogP contribution in [0.25, 0.3) is 10.4 Å². The molecule has 0 aliphatic carbocycles. The number of nitrogens with one attached hydrogen (secondary N) is 1. The highest BCUT2D eigenvalue weighted by molar-refractivity contribution is 14.1. The molecule has 30 heavy (non-hydrogen) atoms. The first kappa shape index (κ1) is 21.4. The van der Waals surface area contributed by atoms with E-state index in [-0.39, 0.29) is 11.4 Å². The number of carbonyl (C=O) groups excluding carboxylic acids is 1. The van der Waals surface area contributed by atoms with Gasteiger partial charge in [-0.2, -0.15) is 13.2 Å². The maximum atomic E-state index is 12.6. The Labute approximate surface area is 181 Å². The van der Waals surface area contributed by atoms with Crippen molar-refractivity contribution in [1.82, 2.24) is 4.98 Å². The van der Waals surface area contributed by atoms with Gasteiger partial charge in [-0.25, -0.2) is 4.98 Å². The molecule has 7 nitrogen and oxygen atoms in total. The molecule has 0 aliphatic rings. The molecule has 0 spiro atoms. The number of anilines is 1. The Morgan fingerprint density at radius 3 is 2.23 bits per heavy atom. The highest BCUT2D eigenvalue weighted by Gasteiger charge is 2.30. The first-order chi connectivity index (χ1) is 14.3. The number of pyridine rings is 1. The summed E-state index contributed by atoms with van der Waals surface area (Å²) < 4.78 is 43.7. The van der Waals surface area contributed by atoms with E-state index < -0.39 is 17.6 Å². The Morgan fingerprint density at radius 1 is 1.07 bits per heavy atom. The Hall–Kier alpha value is -3.31. The minimum atomic E-state index is -4.41. The summed E-state index contributed by atoms with van der Waals surface area (Å²) >= 11 is 1.87. The molecule has 0 atom stereocenters. The van der Waals surface area contributed by atoms with Crippen molar-refractivity contribution in [1.29, 1.82) is 0 Å². The number of hydrogen-bond acceptors (Lipinski definition) is 4. The number of carbonyl (C=O) groups is 1. The molecule has 11 heteroatoms. The van der Waals surface area contributed by atoms with Gasteiger partial charge in [0.05, 0.1) is 14.8 Å². The van der Waals surface area contributed by atoms with Crippen LogP contribution in [0, 0.1) is 3.57 Å². The molecule has 1 N–H and O–H groups in total. The van der Waals surface area contributed by atoms with Gasteiger partial charge >= 0.3 is 6.18 Å². The summed E-state index contributed by atoms with van der Waals surface area (Å²) in [6, 6.07) is 12.1. The van der Waals surface area contributed by atoms with Crippen LogP contribution in [0.4, 0.5) is 24.5 Å². The minimum absolute atomic E-state index is 0.102. The number of hydrogen-bond donors (Lipinski definition) is 1. The molecule has 0 radical (unpaired) electrons. The molecular formula is C19H11F3IN5O2. The average molecular weight is 525 g/mol. The van der Waals surface area contributed by atoms with E-state index in [2.05, 4.69) is 20.3 Å². The molecule has 1 aromatic heterocycles. The zero-order valence-corrected chi connectivity index (χ0v) is 17.0. The highest BCUT2D eigenvalue weighted by Crippen LogP contribution is 2.31. The van der Waals surface area contributed by atoms with E-state index in [1.54, 1.807) is 24.3 Å². The van der Waals surface area contributed by atoms with Crippen molar-refractivity contribution in [2.24, 2.45) is 5.11 Å². The lowest BCUT2D eigenvalue weighted by molar-refractivity contribution is -0.137. The predicted molar refractivity (Wildman–Crippen MR) is 112 cm³/mol. The van der Waals surface area contributed by atoms with Gasteiger partial charge in [0.25, 0.3) is 5.91 Å². The van der Waals surface area contributed by atoms with E-state index in [1.165, 1.54) is 24.4 Å². The van der Waals surface area contributed by atoms with Crippen LogP contribution in [0.5, 0.6) is 11.5 Å². The first-order valence-corrected chi connectivity index (χ1v) is 9.32. The van der Waals surface area contributed by atoms with Gasteiger partial charge in [0.2, 0.25) is 0 Å². The summed E-state index contributed by atoms with van der Waals surface area (Å²) in [5.41, 5.74) is 8.64. The maximum absolute atomic E-state index is 12.6. The van der Waals surface area contributed by atoms with Crippen LogP contribution in [0.3, 0.4) is 0 Å². The predicted octanol–water partition coefficient (Wildman–Crippen LogP) is 6.69. The van der Waals surface area contributed by atoms with Gasteiger partial charge in [-0.3, -0.25) is 4.79 Å². The second kappa shape index (κ2) is 9.01. The van der Waals surface area contributed by atoms with Crippen LogP contribution in [-0.2, 0) is 6.18 Å². The quantitative estimate of drug-likeness (QED) is 0.174. The van der Waals surface area contributed by atoms with Gasteiger partial charge in [-0.05, 0) is 82.7 Å². The number of amides is 1. The summed E-state index contributed by atoms with van der Waals surface area (Å²) in [4.78, 5) is 19.2. The van der Waals surface area contributed by atoms with Crippen LogP contribution >= 0.6 is 22.6 Å². The molecular weight excluding hydrogens is 514 g/mol. The molecule has 2 aromatic carbocycles. The lowest BCUT2D eigenvalue weighted by atomic mass is 10.2. The van der Waals surface area contributed by atoms with E-state index in [1.807, 2.05) is 22.6 Å². The normalized spacial score (nSPS) is 10.8. The fourth-order valence-corrected chi connectivity index (χ4v) is 3.03. The third kappa shape index (κ3) is 5.19. The van der Waals surface area contributed by atoms with Crippen molar-refractivity contribution >= 4 is 39.9 Å². The van der Waals surface area contributed by atoms with Crippen LogP contribution in [0.2, 0.25) is 0 Å². The zero-order chi connectivity index (χ0) is 21.7. The number of azide groups is 1. The van der Waals surface area contributed by atoms with Crippen molar-refractivity contribution < 1.29 is 22.7 Å². The Bertz CT molecular complexity index is 1110. The number of alkyl halides is 3. The second-order valence-corrected chi connectivity index (χ2v) is 6.86. The summed E-state index contributed by atoms with van der Waals surface area (Å²) in [6.45, 7) is 0. The monoisotopic (exact) mass is 525 g/mol. The van der Waals surface area contributed by atoms with Gasteiger partial charge in [-0.15, -0.1) is 0 Å². The second-order valence-electron chi connectivity index (χ2n) is 5.78. The molecule has 152 valence electrons. The average Bonchev–Trinajstić information content (AvgIpc) is 2.71. The van der Waals surface area contributed by atoms with E-state index in [9.17, 15) is 18.0 Å². The van der Waals surface area contributed by atoms with Gasteiger partial charge in [0.1, 0.15) is 17.2 Å². The van der Waals surface area contributed by atoms with Crippen molar-refractivity contribution in [2.45, 2.75) is 6.18 Å². The van der Waals surface area contributed by atoms with Crippen molar-refractivity contribution in [3.63, 3.8) is 0 Å². The molecule has 1 amide bonds. The molecule has 0 unspecified atom stereocenters. The van der Waals surface area contributed by atoms with Gasteiger partial charge in [0.15, 0.2) is 0 Å². The summed E-state index contributed by atoms with van der Waals surface area (Å²) in [6.07, 6.45) is -3.05. The summed E-state index contributed by atoms with van der Waals surface area (Å²) in [7, 11) is 0. The zero-order valence-electron chi connectivity index (χ0n) is 14.9. The Kier molecular flexibility index (Phi) is 6.43. The van der Waals surface area contributed by atoms with Crippen molar-refractivity contribution in [3.05, 3.63) is 86.1 Å². The molecule has 1 heterocycles. The van der Waals surface area contributed by atoms with Crippen LogP contribution < -0.4 is 10.1 Å². The largest absolute Gasteiger partial charge is 0.457 e. The lowest BCUT2D eigenvalue weighted by Gasteiger charge is -2.10. The van der Waals surface area contributed by atoms with Gasteiger partial charge in [0, 0.05) is 16.8 Å². The van der Waals surface area contributed by atoms with E-state index in [4.69, 9.17) is 10.3 Å². The molecule has 3 rings (SSSR count). The minimum Gasteiger partial charge on any atom is -0.457 e. The number of benzene rings is 2. The van der Waals surface area contributed by atoms with Gasteiger partial charge in [-0.1, -0.05) is 5.11 Å². The molecule has 0 saturated heterocycles. The summed E-state index contributed by atoms with van der Waals surface area (Å²) in [5, 5.41) is 6.16. The Morgan fingerprint density at radius 2 is 1.67 bits per heavy atom. The van der Waals surface area contributed by atoms with Crippen molar-refractivity contribution in [3.8, 4) is 11.5 Å². The topological polar surface area (TPSA) is 100.0 Å². The molecule has 0 saturated carbocycles. The highest BCUT2D eigenvalue weighted by atomic mass is 127. The van der Waals surface area contributed by atoms with Crippen LogP contribution in [0.15, 0.2) is 65.9 Å². The molecule has 0 fully saturated rings. The number of rotatable bonds is 5. The molecule has 3 aromatic rings. The standard InChI is InChI=1S/C19H11F3IN5O2/c20-19(21,22)11-1-5-13(6-2-11)30-14-7-3-12(4-8-14)26-18(29)17-16(23)15(27-28-24)9-10-25-17/h1-10H,(H,26,29). The third-order valence-electron chi connectivity index (χ3n) is 3.77.